The molecule has 0 aromatic carbocycles. The predicted molar refractivity (Wildman–Crippen MR) is 68.3 cm³/mol. The fourth-order valence-corrected chi connectivity index (χ4v) is 2.76. The van der Waals surface area contributed by atoms with Gasteiger partial charge in [0.25, 0.3) is 0 Å². The van der Waals surface area contributed by atoms with Gasteiger partial charge in [-0.1, -0.05) is 20.8 Å². The maximum absolute atomic E-state index is 10.4. The quantitative estimate of drug-likeness (QED) is 0.751. The van der Waals surface area contributed by atoms with Crippen LogP contribution in [-0.2, 0) is 0 Å². The lowest BCUT2D eigenvalue weighted by Crippen LogP contribution is -2.54. The first kappa shape index (κ1) is 13.9. The maximum atomic E-state index is 10.4. The van der Waals surface area contributed by atoms with Gasteiger partial charge in [0.1, 0.15) is 0 Å². The van der Waals surface area contributed by atoms with E-state index in [1.54, 1.807) is 0 Å². The predicted octanol–water partition coefficient (Wildman–Crippen LogP) is 1.60. The Morgan fingerprint density at radius 2 is 2.00 bits per heavy atom. The van der Waals surface area contributed by atoms with E-state index in [1.807, 2.05) is 0 Å². The second kappa shape index (κ2) is 5.99. The molecule has 2 unspecified atom stereocenters. The third kappa shape index (κ3) is 3.19. The third-order valence-corrected chi connectivity index (χ3v) is 4.29. The highest BCUT2D eigenvalue weighted by Crippen LogP contribution is 2.26. The van der Waals surface area contributed by atoms with Crippen LogP contribution in [0.3, 0.4) is 0 Å². The van der Waals surface area contributed by atoms with Crippen LogP contribution in [0.15, 0.2) is 0 Å². The van der Waals surface area contributed by atoms with Crippen LogP contribution in [0.1, 0.15) is 46.5 Å². The minimum absolute atomic E-state index is 0.457. The Hall–Kier alpha value is -0.120. The maximum Gasteiger partial charge on any atom is 0.0769 e. The number of nitrogens with zero attached hydrogens (tertiary/aromatic N) is 1. The molecule has 0 radical (unpaired) electrons. The number of piperidine rings is 1. The van der Waals surface area contributed by atoms with E-state index in [0.29, 0.717) is 18.5 Å². The van der Waals surface area contributed by atoms with Crippen molar-refractivity contribution < 1.29 is 5.11 Å². The Balaban J connectivity index is 2.63. The molecule has 16 heavy (non-hydrogen) atoms. The molecule has 96 valence electrons. The summed E-state index contributed by atoms with van der Waals surface area (Å²) in [7, 11) is 0. The molecule has 1 aliphatic heterocycles. The van der Waals surface area contributed by atoms with E-state index in [4.69, 9.17) is 5.73 Å². The number of β-amino-alcohol motifs (C(OH)–C–C–N with tert-alkyl or cyclic N) is 1. The molecule has 1 heterocycles. The molecule has 1 aliphatic rings. The Labute approximate surface area is 100 Å². The highest BCUT2D eigenvalue weighted by atomic mass is 16.3. The monoisotopic (exact) mass is 228 g/mol. The Morgan fingerprint density at radius 3 is 2.50 bits per heavy atom. The third-order valence-electron chi connectivity index (χ3n) is 4.29. The van der Waals surface area contributed by atoms with E-state index in [2.05, 4.69) is 25.7 Å². The van der Waals surface area contributed by atoms with Crippen molar-refractivity contribution in [3.63, 3.8) is 0 Å². The number of hydrogen-bond acceptors (Lipinski definition) is 3. The van der Waals surface area contributed by atoms with Gasteiger partial charge in [-0.2, -0.15) is 0 Å². The average molecular weight is 228 g/mol. The summed E-state index contributed by atoms with van der Waals surface area (Å²) in [5, 5.41) is 10.4. The summed E-state index contributed by atoms with van der Waals surface area (Å²) in [6, 6.07) is 0.457. The summed E-state index contributed by atoms with van der Waals surface area (Å²) >= 11 is 0. The second-order valence-corrected chi connectivity index (χ2v) is 5.32. The molecule has 1 saturated heterocycles. The molecule has 0 bridgehead atoms. The summed E-state index contributed by atoms with van der Waals surface area (Å²) < 4.78 is 0. The van der Waals surface area contributed by atoms with Crippen molar-refractivity contribution in [2.24, 2.45) is 11.7 Å². The van der Waals surface area contributed by atoms with Crippen LogP contribution in [0.25, 0.3) is 0 Å². The van der Waals surface area contributed by atoms with Crippen molar-refractivity contribution in [2.75, 3.05) is 19.6 Å². The molecule has 0 spiro atoms. The Morgan fingerprint density at radius 1 is 1.38 bits per heavy atom. The number of likely N-dealkylation sites (tertiary alicyclic amines) is 1. The first-order valence-electron chi connectivity index (χ1n) is 6.72. The van der Waals surface area contributed by atoms with E-state index in [9.17, 15) is 5.11 Å². The SMILES string of the molecule is CCC(O)(CC)CN1CCCC(C)C1CN. The first-order valence-corrected chi connectivity index (χ1v) is 6.72. The molecular weight excluding hydrogens is 200 g/mol. The van der Waals surface area contributed by atoms with Gasteiger partial charge in [-0.15, -0.1) is 0 Å². The number of aliphatic hydroxyl groups is 1. The summed E-state index contributed by atoms with van der Waals surface area (Å²) in [5.41, 5.74) is 5.34. The van der Waals surface area contributed by atoms with Crippen molar-refractivity contribution in [3.8, 4) is 0 Å². The molecule has 3 nitrogen and oxygen atoms in total. The van der Waals surface area contributed by atoms with Gasteiger partial charge in [0.2, 0.25) is 0 Å². The smallest absolute Gasteiger partial charge is 0.0769 e. The van der Waals surface area contributed by atoms with Crippen molar-refractivity contribution in [3.05, 3.63) is 0 Å². The van der Waals surface area contributed by atoms with Gasteiger partial charge in [0, 0.05) is 19.1 Å². The molecule has 2 atom stereocenters. The normalized spacial score (nSPS) is 28.3. The zero-order chi connectivity index (χ0) is 12.2. The summed E-state index contributed by atoms with van der Waals surface area (Å²) in [5.74, 6) is 0.664. The van der Waals surface area contributed by atoms with Crippen LogP contribution in [0, 0.1) is 5.92 Å². The zero-order valence-electron chi connectivity index (χ0n) is 11.1. The number of rotatable bonds is 5. The molecule has 3 N–H and O–H groups in total. The average Bonchev–Trinajstić information content (AvgIpc) is 2.29. The van der Waals surface area contributed by atoms with Gasteiger partial charge in [-0.05, 0) is 38.1 Å². The fourth-order valence-electron chi connectivity index (χ4n) is 2.76. The first-order chi connectivity index (χ1) is 7.56. The molecule has 0 amide bonds. The van der Waals surface area contributed by atoms with Crippen LogP contribution in [-0.4, -0.2) is 41.3 Å². The Bertz CT molecular complexity index is 204. The fraction of sp³-hybridized carbons (Fsp3) is 1.00. The van der Waals surface area contributed by atoms with Crippen molar-refractivity contribution in [1.82, 2.24) is 4.90 Å². The van der Waals surface area contributed by atoms with Gasteiger partial charge in [-0.3, -0.25) is 4.90 Å². The molecule has 0 saturated carbocycles. The minimum Gasteiger partial charge on any atom is -0.389 e. The largest absolute Gasteiger partial charge is 0.389 e. The second-order valence-electron chi connectivity index (χ2n) is 5.32. The van der Waals surface area contributed by atoms with Gasteiger partial charge in [0.05, 0.1) is 5.60 Å². The van der Waals surface area contributed by atoms with Gasteiger partial charge < -0.3 is 10.8 Å². The summed E-state index contributed by atoms with van der Waals surface area (Å²) in [4.78, 5) is 2.40. The van der Waals surface area contributed by atoms with Crippen LogP contribution in [0.2, 0.25) is 0 Å². The van der Waals surface area contributed by atoms with Crippen LogP contribution >= 0.6 is 0 Å². The molecule has 1 fully saturated rings. The van der Waals surface area contributed by atoms with E-state index in [0.717, 1.165) is 25.9 Å². The number of nitrogens with two attached hydrogens (primary N) is 1. The summed E-state index contributed by atoms with van der Waals surface area (Å²) in [6.07, 6.45) is 4.16. The lowest BCUT2D eigenvalue weighted by molar-refractivity contribution is -0.0303. The van der Waals surface area contributed by atoms with Crippen molar-refractivity contribution in [2.45, 2.75) is 58.1 Å². The topological polar surface area (TPSA) is 49.5 Å². The standard InChI is InChI=1S/C13H28N2O/c1-4-13(16,5-2)10-15-8-6-7-11(3)12(15)9-14/h11-12,16H,4-10,14H2,1-3H3. The molecular formula is C13H28N2O. The van der Waals surface area contributed by atoms with Gasteiger partial charge in [0.15, 0.2) is 0 Å². The molecule has 0 aromatic rings. The lowest BCUT2D eigenvalue weighted by atomic mass is 9.88. The van der Waals surface area contributed by atoms with E-state index >= 15 is 0 Å². The lowest BCUT2D eigenvalue weighted by Gasteiger charge is -2.43. The minimum atomic E-state index is -0.523. The van der Waals surface area contributed by atoms with E-state index in [1.165, 1.54) is 12.8 Å². The highest BCUT2D eigenvalue weighted by molar-refractivity contribution is 4.88. The van der Waals surface area contributed by atoms with Crippen molar-refractivity contribution in [1.29, 1.82) is 0 Å². The molecule has 0 aliphatic carbocycles. The van der Waals surface area contributed by atoms with Crippen molar-refractivity contribution >= 4 is 0 Å². The summed E-state index contributed by atoms with van der Waals surface area (Å²) in [6.45, 7) is 8.99. The molecule has 1 rings (SSSR count). The zero-order valence-corrected chi connectivity index (χ0v) is 11.1. The van der Waals surface area contributed by atoms with E-state index in [-0.39, 0.29) is 0 Å². The van der Waals surface area contributed by atoms with Gasteiger partial charge in [-0.25, -0.2) is 0 Å². The van der Waals surface area contributed by atoms with Crippen LogP contribution < -0.4 is 5.73 Å². The van der Waals surface area contributed by atoms with Crippen LogP contribution in [0.4, 0.5) is 0 Å². The van der Waals surface area contributed by atoms with E-state index < -0.39 is 5.60 Å². The van der Waals surface area contributed by atoms with Crippen LogP contribution in [0.5, 0.6) is 0 Å². The molecule has 3 heteroatoms. The number of hydrogen-bond donors (Lipinski definition) is 2. The van der Waals surface area contributed by atoms with Gasteiger partial charge >= 0.3 is 0 Å². The Kier molecular flexibility index (Phi) is 5.22. The molecule has 0 aromatic heterocycles. The highest BCUT2D eigenvalue weighted by Gasteiger charge is 2.33.